The van der Waals surface area contributed by atoms with Gasteiger partial charge >= 0.3 is 0 Å². The number of aryl methyl sites for hydroxylation is 2. The molecule has 0 saturated carbocycles. The molecule has 0 unspecified atom stereocenters. The number of benzene rings is 2. The predicted molar refractivity (Wildman–Crippen MR) is 125 cm³/mol. The minimum atomic E-state index is -0.367. The largest absolute Gasteiger partial charge is 0.489 e. The molecule has 1 aromatic heterocycles. The minimum Gasteiger partial charge on any atom is -0.489 e. The maximum atomic E-state index is 13.0. The highest BCUT2D eigenvalue weighted by Crippen LogP contribution is 2.32. The summed E-state index contributed by atoms with van der Waals surface area (Å²) in [4.78, 5) is 17.3. The molecule has 1 amide bonds. The Labute approximate surface area is 189 Å². The summed E-state index contributed by atoms with van der Waals surface area (Å²) in [5.74, 6) is 0.796. The molecular weight excluding hydrogens is 400 g/mol. The molecule has 0 radical (unpaired) electrons. The smallest absolute Gasteiger partial charge is 0.225 e. The number of pyridine rings is 1. The van der Waals surface area contributed by atoms with Crippen molar-refractivity contribution in [1.29, 1.82) is 0 Å². The molecule has 2 aromatic carbocycles. The van der Waals surface area contributed by atoms with E-state index in [-0.39, 0.29) is 11.4 Å². The van der Waals surface area contributed by atoms with E-state index in [4.69, 9.17) is 9.47 Å². The van der Waals surface area contributed by atoms with Gasteiger partial charge in [-0.2, -0.15) is 0 Å². The number of carbonyl (C=O) groups is 1. The molecule has 1 N–H and O–H groups in total. The van der Waals surface area contributed by atoms with Crippen LogP contribution >= 0.6 is 0 Å². The molecule has 4 rings (SSSR count). The average Bonchev–Trinajstić information content (AvgIpc) is 2.80. The van der Waals surface area contributed by atoms with Gasteiger partial charge in [0.1, 0.15) is 12.4 Å². The molecule has 0 aliphatic carbocycles. The first kappa shape index (κ1) is 22.0. The Morgan fingerprint density at radius 3 is 2.44 bits per heavy atom. The minimum absolute atomic E-state index is 0.0205. The Balaban J connectivity index is 1.38. The zero-order valence-electron chi connectivity index (χ0n) is 18.8. The van der Waals surface area contributed by atoms with Crippen molar-refractivity contribution in [3.8, 4) is 5.75 Å². The lowest BCUT2D eigenvalue weighted by atomic mass is 9.82. The summed E-state index contributed by atoms with van der Waals surface area (Å²) in [6, 6.07) is 20.1. The lowest BCUT2D eigenvalue weighted by Gasteiger charge is -2.38. The fraction of sp³-hybridized carbons (Fsp3) is 0.333. The van der Waals surface area contributed by atoms with Crippen molar-refractivity contribution in [3.63, 3.8) is 0 Å². The van der Waals surface area contributed by atoms with E-state index in [0.29, 0.717) is 26.2 Å². The molecule has 1 fully saturated rings. The Hall–Kier alpha value is -3.18. The van der Waals surface area contributed by atoms with Crippen molar-refractivity contribution in [2.24, 2.45) is 0 Å². The van der Waals surface area contributed by atoms with Crippen LogP contribution in [0.4, 0.5) is 0 Å². The van der Waals surface area contributed by atoms with E-state index < -0.39 is 0 Å². The van der Waals surface area contributed by atoms with Crippen molar-refractivity contribution in [2.75, 3.05) is 13.2 Å². The molecular formula is C27H30N2O3. The van der Waals surface area contributed by atoms with E-state index in [1.807, 2.05) is 43.3 Å². The normalized spacial score (nSPS) is 15.2. The Morgan fingerprint density at radius 1 is 1.03 bits per heavy atom. The van der Waals surface area contributed by atoms with Crippen LogP contribution in [-0.2, 0) is 28.1 Å². The lowest BCUT2D eigenvalue weighted by molar-refractivity contribution is -0.123. The Kier molecular flexibility index (Phi) is 6.86. The predicted octanol–water partition coefficient (Wildman–Crippen LogP) is 4.64. The third-order valence-corrected chi connectivity index (χ3v) is 6.13. The van der Waals surface area contributed by atoms with Gasteiger partial charge in [0, 0.05) is 30.7 Å². The molecule has 32 heavy (non-hydrogen) atoms. The zero-order valence-corrected chi connectivity index (χ0v) is 18.8. The number of hydrogen-bond acceptors (Lipinski definition) is 4. The van der Waals surface area contributed by atoms with Crippen LogP contribution in [0.3, 0.4) is 0 Å². The van der Waals surface area contributed by atoms with Crippen molar-refractivity contribution in [1.82, 2.24) is 10.3 Å². The molecule has 1 aliphatic rings. The lowest BCUT2D eigenvalue weighted by Crippen LogP contribution is -2.50. The number of rotatable bonds is 7. The van der Waals surface area contributed by atoms with Crippen LogP contribution in [0.15, 0.2) is 66.9 Å². The summed E-state index contributed by atoms with van der Waals surface area (Å²) in [5.41, 5.74) is 4.98. The molecule has 1 aliphatic heterocycles. The van der Waals surface area contributed by atoms with Crippen LogP contribution in [-0.4, -0.2) is 24.1 Å². The van der Waals surface area contributed by atoms with Crippen LogP contribution in [0, 0.1) is 13.8 Å². The van der Waals surface area contributed by atoms with Crippen molar-refractivity contribution < 1.29 is 14.3 Å². The summed E-state index contributed by atoms with van der Waals surface area (Å²) in [7, 11) is 0. The maximum Gasteiger partial charge on any atom is 0.225 e. The van der Waals surface area contributed by atoms with Crippen LogP contribution < -0.4 is 10.1 Å². The summed E-state index contributed by atoms with van der Waals surface area (Å²) < 4.78 is 11.5. The van der Waals surface area contributed by atoms with E-state index in [2.05, 4.69) is 41.5 Å². The van der Waals surface area contributed by atoms with Gasteiger partial charge in [0.2, 0.25) is 5.91 Å². The van der Waals surface area contributed by atoms with Gasteiger partial charge in [-0.3, -0.25) is 9.78 Å². The average molecular weight is 431 g/mol. The summed E-state index contributed by atoms with van der Waals surface area (Å²) in [6.07, 6.45) is 3.67. The van der Waals surface area contributed by atoms with Gasteiger partial charge in [-0.15, -0.1) is 0 Å². The van der Waals surface area contributed by atoms with E-state index in [0.717, 1.165) is 41.0 Å². The highest BCUT2D eigenvalue weighted by Gasteiger charge is 2.35. The van der Waals surface area contributed by atoms with Gasteiger partial charge in [0.15, 0.2) is 0 Å². The van der Waals surface area contributed by atoms with E-state index >= 15 is 0 Å². The Bertz CT molecular complexity index is 1040. The highest BCUT2D eigenvalue weighted by molar-refractivity contribution is 5.79. The van der Waals surface area contributed by atoms with Gasteiger partial charge < -0.3 is 14.8 Å². The van der Waals surface area contributed by atoms with E-state index in [1.165, 1.54) is 5.56 Å². The van der Waals surface area contributed by atoms with Crippen LogP contribution in [0.2, 0.25) is 0 Å². The second-order valence-electron chi connectivity index (χ2n) is 8.47. The summed E-state index contributed by atoms with van der Waals surface area (Å²) in [5, 5.41) is 3.33. The van der Waals surface area contributed by atoms with E-state index in [1.54, 1.807) is 6.20 Å². The first-order valence-electron chi connectivity index (χ1n) is 11.1. The summed E-state index contributed by atoms with van der Waals surface area (Å²) >= 11 is 0. The number of nitrogens with one attached hydrogen (secondary N) is 1. The van der Waals surface area contributed by atoms with E-state index in [9.17, 15) is 4.79 Å². The van der Waals surface area contributed by atoms with Crippen LogP contribution in [0.1, 0.15) is 40.8 Å². The van der Waals surface area contributed by atoms with Gasteiger partial charge in [0.05, 0.1) is 12.0 Å². The second kappa shape index (κ2) is 9.96. The van der Waals surface area contributed by atoms with Gasteiger partial charge in [0.25, 0.3) is 0 Å². The first-order chi connectivity index (χ1) is 15.5. The Morgan fingerprint density at radius 2 is 1.75 bits per heavy atom. The van der Waals surface area contributed by atoms with Crippen molar-refractivity contribution in [2.45, 2.75) is 45.3 Å². The number of ether oxygens (including phenoxy) is 2. The fourth-order valence-corrected chi connectivity index (χ4v) is 4.11. The van der Waals surface area contributed by atoms with Gasteiger partial charge in [-0.25, -0.2) is 0 Å². The molecule has 0 spiro atoms. The second-order valence-corrected chi connectivity index (χ2v) is 8.47. The van der Waals surface area contributed by atoms with Gasteiger partial charge in [-0.1, -0.05) is 48.0 Å². The SMILES string of the molecule is Cc1ccc(C2(NC(=O)Cc3ccc(OCc4cccnc4C)cc3)CCOCC2)cc1. The third kappa shape index (κ3) is 5.35. The molecule has 2 heterocycles. The monoisotopic (exact) mass is 430 g/mol. The molecule has 166 valence electrons. The third-order valence-electron chi connectivity index (χ3n) is 6.13. The number of carbonyl (C=O) groups excluding carboxylic acids is 1. The number of hydrogen-bond donors (Lipinski definition) is 1. The van der Waals surface area contributed by atoms with Crippen molar-refractivity contribution in [3.05, 3.63) is 94.8 Å². The molecule has 0 bridgehead atoms. The van der Waals surface area contributed by atoms with Crippen molar-refractivity contribution >= 4 is 5.91 Å². The summed E-state index contributed by atoms with van der Waals surface area (Å²) in [6.45, 7) is 5.82. The number of amides is 1. The van der Waals surface area contributed by atoms with Gasteiger partial charge in [-0.05, 0) is 56.0 Å². The molecule has 5 heteroatoms. The fourth-order valence-electron chi connectivity index (χ4n) is 4.11. The van der Waals surface area contributed by atoms with Crippen LogP contribution in [0.5, 0.6) is 5.75 Å². The van der Waals surface area contributed by atoms with Crippen LogP contribution in [0.25, 0.3) is 0 Å². The number of aromatic nitrogens is 1. The topological polar surface area (TPSA) is 60.5 Å². The standard InChI is InChI=1S/C27H30N2O3/c1-20-5-9-24(10-6-20)27(13-16-31-17-14-27)29-26(30)18-22-7-11-25(12-8-22)32-19-23-4-3-15-28-21(23)2/h3-12,15H,13-14,16-19H2,1-2H3,(H,29,30). The quantitative estimate of drug-likeness (QED) is 0.593. The number of nitrogens with zero attached hydrogens (tertiary/aromatic N) is 1. The molecule has 0 atom stereocenters. The zero-order chi connectivity index (χ0) is 22.4. The maximum absolute atomic E-state index is 13.0. The first-order valence-corrected chi connectivity index (χ1v) is 11.1. The molecule has 5 nitrogen and oxygen atoms in total. The molecule has 3 aromatic rings. The highest BCUT2D eigenvalue weighted by atomic mass is 16.5. The molecule has 1 saturated heterocycles.